The number of nitrogens with zero attached hydrogens (tertiary/aromatic N) is 5. The van der Waals surface area contributed by atoms with E-state index >= 15 is 0 Å². The maximum Gasteiger partial charge on any atom is 0.451 e. The van der Waals surface area contributed by atoms with Gasteiger partial charge >= 0.3 is 6.18 Å². The number of aromatic nitrogens is 3. The number of benzene rings is 1. The van der Waals surface area contributed by atoms with Gasteiger partial charge in [-0.15, -0.1) is 0 Å². The van der Waals surface area contributed by atoms with Gasteiger partial charge in [0.1, 0.15) is 5.82 Å². The number of carbonyl (C=O) groups is 1. The van der Waals surface area contributed by atoms with E-state index in [1.807, 2.05) is 6.07 Å². The van der Waals surface area contributed by atoms with E-state index in [-0.39, 0.29) is 47.4 Å². The third-order valence-electron chi connectivity index (χ3n) is 8.30. The summed E-state index contributed by atoms with van der Waals surface area (Å²) in [4.78, 5) is 29.1. The predicted molar refractivity (Wildman–Crippen MR) is 145 cm³/mol. The highest BCUT2D eigenvalue weighted by molar-refractivity contribution is 6.35. The van der Waals surface area contributed by atoms with Crippen LogP contribution in [0.25, 0.3) is 10.9 Å². The Morgan fingerprint density at radius 1 is 1.17 bits per heavy atom. The minimum atomic E-state index is -4.73. The predicted octanol–water partition coefficient (Wildman–Crippen LogP) is 5.27. The first-order chi connectivity index (χ1) is 19.8. The number of alkyl halides is 5. The number of hydrogen-bond acceptors (Lipinski definition) is 7. The Bertz CT molecular complexity index is 1500. The lowest BCUT2D eigenvalue weighted by Crippen LogP contribution is -2.45. The van der Waals surface area contributed by atoms with Crippen molar-refractivity contribution >= 4 is 34.2 Å². The summed E-state index contributed by atoms with van der Waals surface area (Å²) in [6, 6.07) is 6.46. The van der Waals surface area contributed by atoms with Crippen LogP contribution in [0.4, 0.5) is 27.8 Å². The second kappa shape index (κ2) is 10.5. The van der Waals surface area contributed by atoms with Crippen LogP contribution in [0.1, 0.15) is 54.0 Å². The average molecular weight is 611 g/mol. The lowest BCUT2D eigenvalue weighted by atomic mass is 10.0. The van der Waals surface area contributed by atoms with Crippen molar-refractivity contribution in [1.82, 2.24) is 25.2 Å². The second-order valence-corrected chi connectivity index (χ2v) is 11.8. The summed E-state index contributed by atoms with van der Waals surface area (Å²) in [5.74, 6) is -3.89. The zero-order valence-corrected chi connectivity index (χ0v) is 23.4. The largest absolute Gasteiger partial charge is 0.451 e. The fraction of sp³-hybridized carbons (Fsp3) is 0.500. The molecule has 1 N–H and O–H groups in total. The molecular weight excluding hydrogens is 583 g/mol. The number of ether oxygens (including phenoxy) is 1. The van der Waals surface area contributed by atoms with E-state index in [0.717, 1.165) is 24.6 Å². The molecule has 8 nitrogen and oxygen atoms in total. The maximum absolute atomic E-state index is 13.9. The third kappa shape index (κ3) is 5.61. The Kier molecular flexibility index (Phi) is 7.25. The van der Waals surface area contributed by atoms with Crippen molar-refractivity contribution in [3.05, 3.63) is 58.6 Å². The van der Waals surface area contributed by atoms with Gasteiger partial charge in [-0.3, -0.25) is 9.69 Å². The van der Waals surface area contributed by atoms with Crippen LogP contribution in [0.15, 0.2) is 36.7 Å². The van der Waals surface area contributed by atoms with Gasteiger partial charge in [-0.25, -0.2) is 23.7 Å². The van der Waals surface area contributed by atoms with Gasteiger partial charge in [0.15, 0.2) is 0 Å². The smallest absolute Gasteiger partial charge is 0.371 e. The van der Waals surface area contributed by atoms with Crippen molar-refractivity contribution < 1.29 is 31.5 Å². The molecule has 0 radical (unpaired) electrons. The molecule has 3 saturated heterocycles. The normalized spacial score (nSPS) is 24.7. The SMILES string of the molecule is C[C@@]12C[C@@H](CO1)N(c1ccc3c(C(=O)NCC(c4cnc(C(F)(F)F)nc4)N4CCC(F)(F)CC4)c(Cl)ccc3n1)C2. The van der Waals surface area contributed by atoms with Gasteiger partial charge in [-0.2, -0.15) is 13.2 Å². The number of hydrogen-bond donors (Lipinski definition) is 1. The number of anilines is 1. The third-order valence-corrected chi connectivity index (χ3v) is 8.62. The second-order valence-electron chi connectivity index (χ2n) is 11.4. The molecule has 2 bridgehead atoms. The molecule has 0 aliphatic carbocycles. The lowest BCUT2D eigenvalue weighted by Gasteiger charge is -2.37. The fourth-order valence-corrected chi connectivity index (χ4v) is 6.34. The van der Waals surface area contributed by atoms with Gasteiger partial charge in [0.05, 0.1) is 40.4 Å². The van der Waals surface area contributed by atoms with E-state index in [0.29, 0.717) is 24.1 Å². The Balaban J connectivity index is 1.24. The van der Waals surface area contributed by atoms with Gasteiger partial charge in [-0.05, 0) is 31.2 Å². The van der Waals surface area contributed by atoms with Gasteiger partial charge in [-0.1, -0.05) is 11.6 Å². The first kappa shape index (κ1) is 28.9. The van der Waals surface area contributed by atoms with Gasteiger partial charge in [0.2, 0.25) is 5.82 Å². The molecule has 0 saturated carbocycles. The highest BCUT2D eigenvalue weighted by atomic mass is 35.5. The van der Waals surface area contributed by atoms with Crippen molar-refractivity contribution in [2.24, 2.45) is 0 Å². The maximum atomic E-state index is 13.9. The topological polar surface area (TPSA) is 83.5 Å². The van der Waals surface area contributed by atoms with E-state index in [4.69, 9.17) is 21.3 Å². The van der Waals surface area contributed by atoms with Crippen LogP contribution in [0.2, 0.25) is 5.02 Å². The minimum absolute atomic E-state index is 0.0160. The molecule has 42 heavy (non-hydrogen) atoms. The van der Waals surface area contributed by atoms with Crippen molar-refractivity contribution in [3.8, 4) is 0 Å². The van der Waals surface area contributed by atoms with Gasteiger partial charge in [0.25, 0.3) is 11.8 Å². The van der Waals surface area contributed by atoms with Crippen molar-refractivity contribution in [2.75, 3.05) is 37.7 Å². The molecule has 0 spiro atoms. The molecule has 1 aromatic carbocycles. The summed E-state index contributed by atoms with van der Waals surface area (Å²) in [6.45, 7) is 3.30. The molecule has 2 aromatic heterocycles. The zero-order chi connectivity index (χ0) is 29.9. The van der Waals surface area contributed by atoms with Gasteiger partial charge in [0, 0.05) is 68.8 Å². The summed E-state index contributed by atoms with van der Waals surface area (Å²) in [5.41, 5.74) is 0.827. The standard InChI is InChI=1S/C28H28ClF5N6O2/c1-26-10-17(14-42-26)40(15-26)22-5-2-18-20(38-22)4-3-19(29)23(18)24(41)35-13-21(39-8-6-27(30,31)7-9-39)16-11-36-25(37-12-16)28(32,33)34/h2-5,11-12,17,21H,6-10,13-15H2,1H3,(H,35,41)/t17-,21?,26-/m0/s1. The van der Waals surface area contributed by atoms with Crippen LogP contribution < -0.4 is 10.2 Å². The number of morpholine rings is 1. The molecule has 3 aliphatic rings. The van der Waals surface area contributed by atoms with Crippen LogP contribution in [-0.2, 0) is 10.9 Å². The average Bonchev–Trinajstić information content (AvgIpc) is 3.49. The quantitative estimate of drug-likeness (QED) is 0.381. The molecular formula is C28H28ClF5N6O2. The van der Waals surface area contributed by atoms with Crippen LogP contribution >= 0.6 is 11.6 Å². The summed E-state index contributed by atoms with van der Waals surface area (Å²) in [6.07, 6.45) is -2.59. The number of fused-ring (bicyclic) bond motifs is 3. The fourth-order valence-electron chi connectivity index (χ4n) is 6.09. The minimum Gasteiger partial charge on any atom is -0.371 e. The molecule has 3 atom stereocenters. The highest BCUT2D eigenvalue weighted by Crippen LogP contribution is 2.40. The number of carbonyl (C=O) groups excluding carboxylic acids is 1. The zero-order valence-electron chi connectivity index (χ0n) is 22.6. The molecule has 3 aliphatic heterocycles. The summed E-state index contributed by atoms with van der Waals surface area (Å²) in [5, 5.41) is 3.53. The molecule has 3 aromatic rings. The Labute approximate surface area is 243 Å². The molecule has 3 fully saturated rings. The van der Waals surface area contributed by atoms with Crippen LogP contribution in [0.5, 0.6) is 0 Å². The van der Waals surface area contributed by atoms with Crippen LogP contribution in [0.3, 0.4) is 0 Å². The number of nitrogens with one attached hydrogen (secondary N) is 1. The summed E-state index contributed by atoms with van der Waals surface area (Å²) >= 11 is 6.47. The monoisotopic (exact) mass is 610 g/mol. The van der Waals surface area contributed by atoms with E-state index in [1.54, 1.807) is 23.1 Å². The molecule has 1 unspecified atom stereocenters. The molecule has 224 valence electrons. The molecule has 6 rings (SSSR count). The Morgan fingerprint density at radius 3 is 2.50 bits per heavy atom. The van der Waals surface area contributed by atoms with Crippen molar-refractivity contribution in [3.63, 3.8) is 0 Å². The number of halogens is 6. The lowest BCUT2D eigenvalue weighted by molar-refractivity contribution is -0.145. The number of piperidine rings is 1. The first-order valence-electron chi connectivity index (χ1n) is 13.6. The van der Waals surface area contributed by atoms with Crippen molar-refractivity contribution in [1.29, 1.82) is 0 Å². The first-order valence-corrected chi connectivity index (χ1v) is 14.0. The van der Waals surface area contributed by atoms with Crippen molar-refractivity contribution in [2.45, 2.75) is 56.0 Å². The van der Waals surface area contributed by atoms with Crippen LogP contribution in [0, 0.1) is 0 Å². The number of pyridine rings is 1. The number of rotatable bonds is 6. The van der Waals surface area contributed by atoms with Crippen LogP contribution in [-0.4, -0.2) is 76.1 Å². The number of likely N-dealkylation sites (tertiary alicyclic amines) is 1. The molecule has 5 heterocycles. The molecule has 1 amide bonds. The number of amides is 1. The summed E-state index contributed by atoms with van der Waals surface area (Å²) in [7, 11) is 0. The summed E-state index contributed by atoms with van der Waals surface area (Å²) < 4.78 is 72.7. The van der Waals surface area contributed by atoms with Gasteiger partial charge < -0.3 is 15.0 Å². The van der Waals surface area contributed by atoms with E-state index in [9.17, 15) is 26.7 Å². The highest BCUT2D eigenvalue weighted by Gasteiger charge is 2.48. The van der Waals surface area contributed by atoms with E-state index < -0.39 is 42.7 Å². The Hall–Kier alpha value is -3.16. The Morgan fingerprint density at radius 2 is 1.88 bits per heavy atom. The molecule has 14 heteroatoms. The van der Waals surface area contributed by atoms with E-state index in [1.165, 1.54) is 0 Å². The van der Waals surface area contributed by atoms with E-state index in [2.05, 4.69) is 27.1 Å².